The number of hydrogen-bond donors (Lipinski definition) is 0. The van der Waals surface area contributed by atoms with Gasteiger partial charge in [0.1, 0.15) is 5.69 Å². The molecule has 4 nitrogen and oxygen atoms in total. The lowest BCUT2D eigenvalue weighted by atomic mass is 10.1. The highest BCUT2D eigenvalue weighted by Crippen LogP contribution is 2.22. The van der Waals surface area contributed by atoms with E-state index in [9.17, 15) is 18.0 Å². The summed E-state index contributed by atoms with van der Waals surface area (Å²) in [5, 5.41) is 4.08. The number of nitrogens with zero attached hydrogens (tertiary/aromatic N) is 2. The lowest BCUT2D eigenvalue weighted by molar-refractivity contribution is 0.112. The zero-order valence-electron chi connectivity index (χ0n) is 11.4. The third-order valence-corrected chi connectivity index (χ3v) is 3.02. The first-order valence-corrected chi connectivity index (χ1v) is 6.16. The van der Waals surface area contributed by atoms with Gasteiger partial charge in [-0.05, 0) is 0 Å². The van der Waals surface area contributed by atoms with Gasteiger partial charge in [-0.1, -0.05) is 6.92 Å². The van der Waals surface area contributed by atoms with Crippen molar-refractivity contribution in [2.75, 3.05) is 13.7 Å². The van der Waals surface area contributed by atoms with Gasteiger partial charge < -0.3 is 4.74 Å². The van der Waals surface area contributed by atoms with E-state index in [4.69, 9.17) is 4.74 Å². The molecule has 2 aromatic rings. The van der Waals surface area contributed by atoms with Crippen LogP contribution in [0.3, 0.4) is 0 Å². The second-order valence-corrected chi connectivity index (χ2v) is 4.61. The van der Waals surface area contributed by atoms with Gasteiger partial charge in [-0.25, -0.2) is 17.9 Å². The zero-order valence-corrected chi connectivity index (χ0v) is 11.4. The molecule has 0 fully saturated rings. The smallest absolute Gasteiger partial charge is 0.161 e. The van der Waals surface area contributed by atoms with Gasteiger partial charge in [0.25, 0.3) is 0 Å². The summed E-state index contributed by atoms with van der Waals surface area (Å²) in [7, 11) is 1.50. The van der Waals surface area contributed by atoms with Crippen LogP contribution in [0.25, 0.3) is 5.69 Å². The molecule has 0 aliphatic heterocycles. The molecule has 0 radical (unpaired) electrons. The summed E-state index contributed by atoms with van der Waals surface area (Å²) in [6.07, 6.45) is 1.84. The summed E-state index contributed by atoms with van der Waals surface area (Å²) in [5.41, 5.74) is 0.368. The topological polar surface area (TPSA) is 44.1 Å². The minimum atomic E-state index is -1.29. The Bertz CT molecular complexity index is 670. The number of halogens is 3. The highest BCUT2D eigenvalue weighted by atomic mass is 19.2. The van der Waals surface area contributed by atoms with Crippen molar-refractivity contribution in [2.24, 2.45) is 0 Å². The van der Waals surface area contributed by atoms with E-state index in [1.165, 1.54) is 13.3 Å². The Morgan fingerprint density at radius 2 is 1.95 bits per heavy atom. The van der Waals surface area contributed by atoms with Crippen molar-refractivity contribution in [1.82, 2.24) is 9.78 Å². The number of aromatic nitrogens is 2. The van der Waals surface area contributed by atoms with E-state index in [-0.39, 0.29) is 17.2 Å². The van der Waals surface area contributed by atoms with Crippen LogP contribution >= 0.6 is 0 Å². The molecule has 112 valence electrons. The lowest BCUT2D eigenvalue weighted by Gasteiger charge is -2.08. The van der Waals surface area contributed by atoms with Crippen LogP contribution in [0, 0.1) is 17.5 Å². The van der Waals surface area contributed by atoms with Crippen molar-refractivity contribution in [2.45, 2.75) is 12.8 Å². The van der Waals surface area contributed by atoms with E-state index in [0.717, 1.165) is 4.68 Å². The van der Waals surface area contributed by atoms with Gasteiger partial charge in [-0.15, -0.1) is 0 Å². The fourth-order valence-electron chi connectivity index (χ4n) is 2.01. The Morgan fingerprint density at radius 1 is 1.29 bits per heavy atom. The Morgan fingerprint density at radius 3 is 2.57 bits per heavy atom. The van der Waals surface area contributed by atoms with Crippen LogP contribution in [0.5, 0.6) is 0 Å². The molecule has 0 N–H and O–H groups in total. The van der Waals surface area contributed by atoms with Crippen molar-refractivity contribution < 1.29 is 22.7 Å². The van der Waals surface area contributed by atoms with Gasteiger partial charge in [0.05, 0.1) is 17.9 Å². The molecule has 1 heterocycles. The van der Waals surface area contributed by atoms with E-state index in [1.54, 1.807) is 6.92 Å². The third kappa shape index (κ3) is 2.97. The molecule has 0 bridgehead atoms. The molecule has 21 heavy (non-hydrogen) atoms. The first-order valence-electron chi connectivity index (χ1n) is 6.16. The number of carbonyl (C=O) groups excluding carboxylic acids is 1. The zero-order chi connectivity index (χ0) is 15.6. The summed E-state index contributed by atoms with van der Waals surface area (Å²) in [6.45, 7) is 2.10. The third-order valence-electron chi connectivity index (χ3n) is 3.02. The average Bonchev–Trinajstić information content (AvgIpc) is 2.87. The summed E-state index contributed by atoms with van der Waals surface area (Å²) < 4.78 is 45.9. The molecule has 0 spiro atoms. The molecule has 2 rings (SSSR count). The molecule has 7 heteroatoms. The van der Waals surface area contributed by atoms with Crippen LogP contribution in [0.2, 0.25) is 0 Å². The van der Waals surface area contributed by atoms with E-state index in [2.05, 4.69) is 5.10 Å². The fraction of sp³-hybridized carbons (Fsp3) is 0.286. The second kappa shape index (κ2) is 6.09. The average molecular weight is 298 g/mol. The van der Waals surface area contributed by atoms with Crippen LogP contribution < -0.4 is 0 Å². The summed E-state index contributed by atoms with van der Waals surface area (Å²) >= 11 is 0. The Hall–Kier alpha value is -2.15. The number of methoxy groups -OCH3 is 1. The Labute approximate surface area is 119 Å². The molecule has 0 amide bonds. The SMILES string of the molecule is COCC(C)c1nn(-c2cc(F)c(F)cc2F)cc1C=O. The molecule has 0 aliphatic rings. The predicted octanol–water partition coefficient (Wildman–Crippen LogP) is 2.85. The van der Waals surface area contributed by atoms with E-state index in [0.29, 0.717) is 30.7 Å². The molecular weight excluding hydrogens is 285 g/mol. The molecule has 0 aliphatic carbocycles. The number of benzene rings is 1. The molecule has 0 saturated heterocycles. The Balaban J connectivity index is 2.51. The van der Waals surface area contributed by atoms with Crippen LogP contribution in [-0.4, -0.2) is 29.8 Å². The maximum atomic E-state index is 13.7. The summed E-state index contributed by atoms with van der Waals surface area (Å²) in [5.74, 6) is -3.65. The quantitative estimate of drug-likeness (QED) is 0.630. The number of aldehydes is 1. The highest BCUT2D eigenvalue weighted by Gasteiger charge is 2.18. The van der Waals surface area contributed by atoms with Crippen LogP contribution in [0.4, 0.5) is 13.2 Å². The molecular formula is C14H13F3N2O2. The molecule has 0 saturated carbocycles. The first kappa shape index (κ1) is 15.2. The van der Waals surface area contributed by atoms with E-state index < -0.39 is 17.5 Å². The number of ether oxygens (including phenoxy) is 1. The van der Waals surface area contributed by atoms with Gasteiger partial charge in [-0.2, -0.15) is 5.10 Å². The standard InChI is InChI=1S/C14H13F3N2O2/c1-8(7-21-2)14-9(6-20)5-19(18-14)13-4-11(16)10(15)3-12(13)17/h3-6,8H,7H2,1-2H3. The summed E-state index contributed by atoms with van der Waals surface area (Å²) in [4.78, 5) is 11.1. The monoisotopic (exact) mass is 298 g/mol. The molecule has 1 aromatic heterocycles. The Kier molecular flexibility index (Phi) is 4.42. The minimum Gasteiger partial charge on any atom is -0.384 e. The van der Waals surface area contributed by atoms with Gasteiger partial charge >= 0.3 is 0 Å². The van der Waals surface area contributed by atoms with Gasteiger partial charge in [0, 0.05) is 31.4 Å². The molecule has 1 unspecified atom stereocenters. The maximum Gasteiger partial charge on any atom is 0.161 e. The second-order valence-electron chi connectivity index (χ2n) is 4.61. The first-order chi connectivity index (χ1) is 9.97. The normalized spacial score (nSPS) is 12.4. The highest BCUT2D eigenvalue weighted by molar-refractivity contribution is 5.76. The maximum absolute atomic E-state index is 13.7. The molecule has 1 atom stereocenters. The van der Waals surface area contributed by atoms with Crippen LogP contribution in [0.15, 0.2) is 18.3 Å². The number of rotatable bonds is 5. The fourth-order valence-corrected chi connectivity index (χ4v) is 2.01. The largest absolute Gasteiger partial charge is 0.384 e. The minimum absolute atomic E-state index is 0.204. The summed E-state index contributed by atoms with van der Waals surface area (Å²) in [6, 6.07) is 1.13. The van der Waals surface area contributed by atoms with Gasteiger partial charge in [0.15, 0.2) is 23.7 Å². The molecule has 1 aromatic carbocycles. The predicted molar refractivity (Wildman–Crippen MR) is 69.1 cm³/mol. The number of hydrogen-bond acceptors (Lipinski definition) is 3. The lowest BCUT2D eigenvalue weighted by Crippen LogP contribution is -2.06. The van der Waals surface area contributed by atoms with E-state index in [1.807, 2.05) is 0 Å². The van der Waals surface area contributed by atoms with Crippen molar-refractivity contribution >= 4 is 6.29 Å². The van der Waals surface area contributed by atoms with Crippen molar-refractivity contribution in [3.05, 3.63) is 47.0 Å². The van der Waals surface area contributed by atoms with Gasteiger partial charge in [-0.3, -0.25) is 4.79 Å². The van der Waals surface area contributed by atoms with E-state index >= 15 is 0 Å². The van der Waals surface area contributed by atoms with Crippen LogP contribution in [0.1, 0.15) is 28.9 Å². The van der Waals surface area contributed by atoms with Crippen molar-refractivity contribution in [3.8, 4) is 5.69 Å². The van der Waals surface area contributed by atoms with Gasteiger partial charge in [0.2, 0.25) is 0 Å². The van der Waals surface area contributed by atoms with Crippen molar-refractivity contribution in [1.29, 1.82) is 0 Å². The number of carbonyl (C=O) groups is 1. The van der Waals surface area contributed by atoms with Crippen LogP contribution in [-0.2, 0) is 4.74 Å². The van der Waals surface area contributed by atoms with Crippen molar-refractivity contribution in [3.63, 3.8) is 0 Å².